The second kappa shape index (κ2) is 4.08. The monoisotopic (exact) mass is 174 g/mol. The van der Waals surface area contributed by atoms with Gasteiger partial charge in [0.05, 0.1) is 4.86 Å². The van der Waals surface area contributed by atoms with Gasteiger partial charge in [0.2, 0.25) is 10.3 Å². The maximum Gasteiger partial charge on any atom is 0.217 e. The Morgan fingerprint density at radius 3 is 1.91 bits per heavy atom. The predicted octanol–water partition coefficient (Wildman–Crippen LogP) is 0.593. The SMILES string of the molecule is CC(/C(C)=C(/C)C=O)=S(=O)=O. The van der Waals surface area contributed by atoms with Crippen LogP contribution < -0.4 is 0 Å². The molecular formula is C7H10O3S. The van der Waals surface area contributed by atoms with Gasteiger partial charge in [-0.1, -0.05) is 0 Å². The van der Waals surface area contributed by atoms with Crippen LogP contribution in [0, 0.1) is 0 Å². The van der Waals surface area contributed by atoms with Crippen molar-refractivity contribution in [3.8, 4) is 0 Å². The minimum atomic E-state index is -2.21. The van der Waals surface area contributed by atoms with Crippen molar-refractivity contribution < 1.29 is 13.2 Å². The molecule has 0 aliphatic carbocycles. The fraction of sp³-hybridized carbons (Fsp3) is 0.429. The molecule has 0 spiro atoms. The lowest BCUT2D eigenvalue weighted by atomic mass is 10.1. The summed E-state index contributed by atoms with van der Waals surface area (Å²) in [5.74, 6) is 0. The van der Waals surface area contributed by atoms with Gasteiger partial charge in [0.25, 0.3) is 0 Å². The van der Waals surface area contributed by atoms with E-state index in [0.717, 1.165) is 0 Å². The quantitative estimate of drug-likeness (QED) is 0.350. The van der Waals surface area contributed by atoms with Crippen molar-refractivity contribution >= 4 is 21.4 Å². The molecule has 0 radical (unpaired) electrons. The first-order valence-electron chi connectivity index (χ1n) is 3.06. The lowest BCUT2D eigenvalue weighted by Gasteiger charge is -1.95. The van der Waals surface area contributed by atoms with E-state index in [9.17, 15) is 13.2 Å². The van der Waals surface area contributed by atoms with Gasteiger partial charge >= 0.3 is 0 Å². The summed E-state index contributed by atoms with van der Waals surface area (Å²) in [7, 11) is -2.21. The largest absolute Gasteiger partial charge is 0.298 e. The summed E-state index contributed by atoms with van der Waals surface area (Å²) in [6.45, 7) is 4.65. The van der Waals surface area contributed by atoms with E-state index >= 15 is 0 Å². The second-order valence-corrected chi connectivity index (χ2v) is 3.30. The second-order valence-electron chi connectivity index (χ2n) is 2.22. The van der Waals surface area contributed by atoms with E-state index in [1.54, 1.807) is 13.8 Å². The van der Waals surface area contributed by atoms with Gasteiger partial charge in [0, 0.05) is 0 Å². The van der Waals surface area contributed by atoms with Crippen LogP contribution in [0.15, 0.2) is 11.1 Å². The average Bonchev–Trinajstić information content (AvgIpc) is 2.00. The maximum atomic E-state index is 10.4. The summed E-state index contributed by atoms with van der Waals surface area (Å²) in [4.78, 5) is 10.4. The molecule has 0 fully saturated rings. The zero-order valence-corrected chi connectivity index (χ0v) is 7.53. The Balaban J connectivity index is 5.24. The first-order valence-corrected chi connectivity index (χ1v) is 4.14. The molecule has 0 aliphatic rings. The molecule has 0 rings (SSSR count). The van der Waals surface area contributed by atoms with E-state index in [1.807, 2.05) is 0 Å². The summed E-state index contributed by atoms with van der Waals surface area (Å²) in [6.07, 6.45) is 0.645. The minimum Gasteiger partial charge on any atom is -0.298 e. The Labute approximate surface area is 67.3 Å². The molecule has 0 aliphatic heterocycles. The Kier molecular flexibility index (Phi) is 3.74. The highest BCUT2D eigenvalue weighted by atomic mass is 32.2. The molecule has 0 atom stereocenters. The molecule has 0 unspecified atom stereocenters. The molecular weight excluding hydrogens is 164 g/mol. The molecule has 0 aromatic carbocycles. The van der Waals surface area contributed by atoms with Gasteiger partial charge in [-0.25, -0.2) is 0 Å². The Hall–Kier alpha value is -0.900. The van der Waals surface area contributed by atoms with Crippen molar-refractivity contribution in [2.24, 2.45) is 0 Å². The fourth-order valence-corrected chi connectivity index (χ4v) is 0.902. The van der Waals surface area contributed by atoms with Crippen LogP contribution in [-0.4, -0.2) is 19.6 Å². The van der Waals surface area contributed by atoms with Gasteiger partial charge in [-0.2, -0.15) is 8.42 Å². The molecule has 4 heteroatoms. The number of hydrogen-bond acceptors (Lipinski definition) is 3. The highest BCUT2D eigenvalue weighted by Crippen LogP contribution is 2.01. The number of rotatable bonds is 2. The summed E-state index contributed by atoms with van der Waals surface area (Å²) < 4.78 is 20.7. The van der Waals surface area contributed by atoms with Gasteiger partial charge < -0.3 is 0 Å². The Morgan fingerprint density at radius 1 is 1.18 bits per heavy atom. The van der Waals surface area contributed by atoms with Crippen molar-refractivity contribution in [3.05, 3.63) is 11.1 Å². The van der Waals surface area contributed by atoms with Crippen LogP contribution in [0.4, 0.5) is 0 Å². The van der Waals surface area contributed by atoms with E-state index in [0.29, 0.717) is 17.4 Å². The standard InChI is InChI=1S/C7H10O3S/c1-5(4-8)6(2)7(3)11(9)10/h4H,1-3H3/b6-5-. The fourth-order valence-electron chi connectivity index (χ4n) is 0.491. The van der Waals surface area contributed by atoms with Gasteiger partial charge in [-0.3, -0.25) is 4.79 Å². The number of carbonyl (C=O) groups excluding carboxylic acids is 1. The molecule has 0 N–H and O–H groups in total. The van der Waals surface area contributed by atoms with Crippen LogP contribution in [0.2, 0.25) is 0 Å². The predicted molar refractivity (Wildman–Crippen MR) is 44.0 cm³/mol. The van der Waals surface area contributed by atoms with Crippen molar-refractivity contribution in [1.82, 2.24) is 0 Å². The number of allylic oxidation sites excluding steroid dienone is 2. The van der Waals surface area contributed by atoms with Crippen molar-refractivity contribution in [2.75, 3.05) is 0 Å². The Morgan fingerprint density at radius 2 is 1.64 bits per heavy atom. The molecule has 3 nitrogen and oxygen atoms in total. The maximum absolute atomic E-state index is 10.4. The molecule has 0 saturated carbocycles. The summed E-state index contributed by atoms with van der Waals surface area (Å²) in [5.41, 5.74) is 0.972. The van der Waals surface area contributed by atoms with Gasteiger partial charge in [0.15, 0.2) is 0 Å². The molecule has 0 aromatic heterocycles. The van der Waals surface area contributed by atoms with Crippen LogP contribution in [0.3, 0.4) is 0 Å². The van der Waals surface area contributed by atoms with Crippen molar-refractivity contribution in [3.63, 3.8) is 0 Å². The third-order valence-electron chi connectivity index (χ3n) is 1.55. The molecule has 0 aromatic rings. The normalized spacial score (nSPS) is 11.9. The molecule has 11 heavy (non-hydrogen) atoms. The molecule has 0 heterocycles. The first-order chi connectivity index (χ1) is 5.00. The van der Waals surface area contributed by atoms with Crippen molar-refractivity contribution in [1.29, 1.82) is 0 Å². The number of carbonyl (C=O) groups is 1. The smallest absolute Gasteiger partial charge is 0.217 e. The van der Waals surface area contributed by atoms with E-state index in [-0.39, 0.29) is 4.86 Å². The third kappa shape index (κ3) is 2.67. The summed E-state index contributed by atoms with van der Waals surface area (Å²) in [6, 6.07) is 0. The van der Waals surface area contributed by atoms with Crippen LogP contribution in [0.25, 0.3) is 0 Å². The van der Waals surface area contributed by atoms with E-state index < -0.39 is 10.3 Å². The molecule has 0 bridgehead atoms. The molecule has 0 saturated heterocycles. The van der Waals surface area contributed by atoms with E-state index in [1.165, 1.54) is 6.92 Å². The summed E-state index contributed by atoms with van der Waals surface area (Å²) >= 11 is 0. The summed E-state index contributed by atoms with van der Waals surface area (Å²) in [5, 5.41) is 0. The van der Waals surface area contributed by atoms with Crippen LogP contribution in [-0.2, 0) is 15.1 Å². The van der Waals surface area contributed by atoms with Gasteiger partial charge in [-0.05, 0) is 31.9 Å². The van der Waals surface area contributed by atoms with Crippen LogP contribution in [0.5, 0.6) is 0 Å². The zero-order valence-electron chi connectivity index (χ0n) is 6.71. The minimum absolute atomic E-state index is 0.217. The lowest BCUT2D eigenvalue weighted by Crippen LogP contribution is -1.98. The van der Waals surface area contributed by atoms with Crippen LogP contribution >= 0.6 is 0 Å². The van der Waals surface area contributed by atoms with Crippen LogP contribution in [0.1, 0.15) is 20.8 Å². The molecule has 62 valence electrons. The van der Waals surface area contributed by atoms with Crippen molar-refractivity contribution in [2.45, 2.75) is 20.8 Å². The number of hydrogen-bond donors (Lipinski definition) is 0. The topological polar surface area (TPSA) is 51.2 Å². The molecule has 0 amide bonds. The van der Waals surface area contributed by atoms with Gasteiger partial charge in [0.1, 0.15) is 6.29 Å². The number of aldehydes is 1. The zero-order chi connectivity index (χ0) is 9.02. The highest BCUT2D eigenvalue weighted by molar-refractivity contribution is 7.73. The lowest BCUT2D eigenvalue weighted by molar-refractivity contribution is -0.104. The van der Waals surface area contributed by atoms with E-state index in [4.69, 9.17) is 0 Å². The third-order valence-corrected chi connectivity index (χ3v) is 2.35. The van der Waals surface area contributed by atoms with Gasteiger partial charge in [-0.15, -0.1) is 0 Å². The highest BCUT2D eigenvalue weighted by Gasteiger charge is 2.00. The first kappa shape index (κ1) is 10.1. The average molecular weight is 174 g/mol. The Bertz CT molecular complexity index is 312. The van der Waals surface area contributed by atoms with E-state index in [2.05, 4.69) is 0 Å².